The van der Waals surface area contributed by atoms with E-state index in [-0.39, 0.29) is 13.2 Å². The van der Waals surface area contributed by atoms with E-state index >= 15 is 0 Å². The van der Waals surface area contributed by atoms with Crippen molar-refractivity contribution in [1.29, 1.82) is 0 Å². The van der Waals surface area contributed by atoms with Gasteiger partial charge in [0, 0.05) is 25.0 Å². The number of ether oxygens (including phenoxy) is 2. The van der Waals surface area contributed by atoms with Crippen molar-refractivity contribution in [2.45, 2.75) is 40.7 Å². The average molecular weight is 439 g/mol. The third-order valence-corrected chi connectivity index (χ3v) is 5.51. The number of nitrogens with zero attached hydrogens (tertiary/aromatic N) is 2. The van der Waals surface area contributed by atoms with E-state index in [4.69, 9.17) is 21.7 Å². The van der Waals surface area contributed by atoms with E-state index in [9.17, 15) is 9.59 Å². The van der Waals surface area contributed by atoms with Crippen LogP contribution in [0.4, 0.5) is 5.00 Å². The Kier molecular flexibility index (Phi) is 8.59. The number of carbonyl (C=O) groups is 2. The molecule has 2 rings (SSSR count). The maximum atomic E-state index is 12.4. The summed E-state index contributed by atoms with van der Waals surface area (Å²) in [7, 11) is 0. The van der Waals surface area contributed by atoms with Crippen LogP contribution in [0.2, 0.25) is 0 Å². The predicted octanol–water partition coefficient (Wildman–Crippen LogP) is 3.29. The first-order valence-corrected chi connectivity index (χ1v) is 10.6. The molecule has 0 aliphatic carbocycles. The number of thiocarbonyl (C=S) groups is 1. The van der Waals surface area contributed by atoms with Crippen molar-refractivity contribution in [3.63, 3.8) is 0 Å². The van der Waals surface area contributed by atoms with E-state index in [0.717, 1.165) is 30.0 Å². The van der Waals surface area contributed by atoms with Gasteiger partial charge in [-0.05, 0) is 58.0 Å². The lowest BCUT2D eigenvalue weighted by atomic mass is 10.1. The van der Waals surface area contributed by atoms with Gasteiger partial charge in [0.2, 0.25) is 0 Å². The second-order valence-corrected chi connectivity index (χ2v) is 7.56. The van der Waals surface area contributed by atoms with Crippen LogP contribution in [0.1, 0.15) is 51.6 Å². The summed E-state index contributed by atoms with van der Waals surface area (Å²) in [5.74, 6) is -0.974. The zero-order valence-electron chi connectivity index (χ0n) is 17.0. The molecule has 0 bridgehead atoms. The predicted molar refractivity (Wildman–Crippen MR) is 117 cm³/mol. The Hall–Kier alpha value is -2.46. The maximum Gasteiger partial charge on any atom is 0.348 e. The van der Waals surface area contributed by atoms with Gasteiger partial charge in [0.15, 0.2) is 5.11 Å². The van der Waals surface area contributed by atoms with E-state index in [1.807, 2.05) is 17.7 Å². The first kappa shape index (κ1) is 22.8. The molecule has 0 saturated heterocycles. The minimum atomic E-state index is -0.503. The molecule has 0 fully saturated rings. The number of aromatic nitrogens is 2. The van der Waals surface area contributed by atoms with Crippen LogP contribution >= 0.6 is 23.6 Å². The summed E-state index contributed by atoms with van der Waals surface area (Å²) < 4.78 is 12.1. The number of esters is 2. The van der Waals surface area contributed by atoms with E-state index in [2.05, 4.69) is 15.7 Å². The normalized spacial score (nSPS) is 10.5. The molecule has 29 heavy (non-hydrogen) atoms. The minimum absolute atomic E-state index is 0.234. The summed E-state index contributed by atoms with van der Waals surface area (Å²) in [6.45, 7) is 9.05. The molecule has 0 spiro atoms. The quantitative estimate of drug-likeness (QED) is 0.350. The molecule has 0 unspecified atom stereocenters. The van der Waals surface area contributed by atoms with Crippen LogP contribution in [-0.4, -0.2) is 46.6 Å². The smallest absolute Gasteiger partial charge is 0.348 e. The lowest BCUT2D eigenvalue weighted by molar-refractivity contribution is 0.0527. The van der Waals surface area contributed by atoms with Crippen LogP contribution < -0.4 is 10.6 Å². The van der Waals surface area contributed by atoms with Crippen molar-refractivity contribution >= 4 is 45.6 Å². The largest absolute Gasteiger partial charge is 0.462 e. The molecule has 0 aliphatic heterocycles. The van der Waals surface area contributed by atoms with Gasteiger partial charge in [0.25, 0.3) is 0 Å². The van der Waals surface area contributed by atoms with E-state index < -0.39 is 11.9 Å². The van der Waals surface area contributed by atoms with Gasteiger partial charge in [0.05, 0.1) is 18.8 Å². The summed E-state index contributed by atoms with van der Waals surface area (Å²) in [5.41, 5.74) is 1.92. The molecule has 0 radical (unpaired) electrons. The van der Waals surface area contributed by atoms with Gasteiger partial charge in [-0.3, -0.25) is 4.68 Å². The van der Waals surface area contributed by atoms with Crippen LogP contribution in [0.25, 0.3) is 0 Å². The van der Waals surface area contributed by atoms with Crippen molar-refractivity contribution in [2.75, 3.05) is 25.1 Å². The van der Waals surface area contributed by atoms with Crippen molar-refractivity contribution in [2.24, 2.45) is 0 Å². The van der Waals surface area contributed by atoms with Crippen molar-refractivity contribution in [3.8, 4) is 0 Å². The molecule has 0 saturated carbocycles. The van der Waals surface area contributed by atoms with Crippen LogP contribution in [0.5, 0.6) is 0 Å². The molecule has 2 aromatic heterocycles. The average Bonchev–Trinajstić information content (AvgIpc) is 3.22. The lowest BCUT2D eigenvalue weighted by Gasteiger charge is -2.11. The zero-order valence-corrected chi connectivity index (χ0v) is 18.7. The second kappa shape index (κ2) is 10.9. The SMILES string of the molecule is CCOC(=O)c1sc(NC(=S)NCCCn2nccc2C)c(C(=O)OCC)c1C. The summed E-state index contributed by atoms with van der Waals surface area (Å²) in [5, 5.41) is 11.2. The minimum Gasteiger partial charge on any atom is -0.462 e. The number of nitrogens with one attached hydrogen (secondary N) is 2. The number of anilines is 1. The highest BCUT2D eigenvalue weighted by Gasteiger charge is 2.26. The fourth-order valence-corrected chi connectivity index (χ4v) is 4.01. The van der Waals surface area contributed by atoms with Gasteiger partial charge < -0.3 is 20.1 Å². The molecule has 2 N–H and O–H groups in total. The Balaban J connectivity index is 2.04. The molecule has 0 aromatic carbocycles. The number of hydrogen-bond donors (Lipinski definition) is 2. The highest BCUT2D eigenvalue weighted by Crippen LogP contribution is 2.34. The lowest BCUT2D eigenvalue weighted by Crippen LogP contribution is -2.30. The third-order valence-electron chi connectivity index (χ3n) is 4.08. The van der Waals surface area contributed by atoms with Gasteiger partial charge in [0.1, 0.15) is 9.88 Å². The second-order valence-electron chi connectivity index (χ2n) is 6.13. The molecular formula is C19H26N4O4S2. The Morgan fingerprint density at radius 2 is 1.90 bits per heavy atom. The molecule has 0 aliphatic rings. The van der Waals surface area contributed by atoms with E-state index in [0.29, 0.717) is 32.7 Å². The van der Waals surface area contributed by atoms with Gasteiger partial charge in [-0.15, -0.1) is 11.3 Å². The molecule has 0 amide bonds. The number of hydrogen-bond acceptors (Lipinski definition) is 7. The Bertz CT molecular complexity index is 876. The zero-order chi connectivity index (χ0) is 21.4. The van der Waals surface area contributed by atoms with Crippen molar-refractivity contribution in [3.05, 3.63) is 34.0 Å². The highest BCUT2D eigenvalue weighted by molar-refractivity contribution is 7.80. The number of thiophene rings is 1. The standard InChI is InChI=1S/C19H26N4O4S2/c1-5-26-17(24)14-13(4)15(18(25)27-6-2)29-16(14)22-19(28)20-9-7-11-23-12(3)8-10-21-23/h8,10H,5-7,9,11H2,1-4H3,(H2,20,22,28). The number of carbonyl (C=O) groups excluding carboxylic acids is 2. The summed E-state index contributed by atoms with van der Waals surface area (Å²) in [6, 6.07) is 1.96. The van der Waals surface area contributed by atoms with Crippen LogP contribution in [0.15, 0.2) is 12.3 Å². The third kappa shape index (κ3) is 6.01. The molecule has 10 heteroatoms. The van der Waals surface area contributed by atoms with Crippen molar-refractivity contribution < 1.29 is 19.1 Å². The molecular weight excluding hydrogens is 412 g/mol. The van der Waals surface area contributed by atoms with E-state index in [1.165, 1.54) is 0 Å². The summed E-state index contributed by atoms with van der Waals surface area (Å²) >= 11 is 6.48. The first-order chi connectivity index (χ1) is 13.9. The topological polar surface area (TPSA) is 94.5 Å². The Labute approximate surface area is 179 Å². The Morgan fingerprint density at radius 1 is 1.21 bits per heavy atom. The fourth-order valence-electron chi connectivity index (χ4n) is 2.65. The van der Waals surface area contributed by atoms with Gasteiger partial charge in [-0.2, -0.15) is 5.10 Å². The summed E-state index contributed by atoms with van der Waals surface area (Å²) in [6.07, 6.45) is 2.60. The van der Waals surface area contributed by atoms with Crippen LogP contribution in [0.3, 0.4) is 0 Å². The highest BCUT2D eigenvalue weighted by atomic mass is 32.1. The van der Waals surface area contributed by atoms with E-state index in [1.54, 1.807) is 27.0 Å². The maximum absolute atomic E-state index is 12.4. The molecule has 8 nitrogen and oxygen atoms in total. The molecule has 0 atom stereocenters. The molecule has 158 valence electrons. The van der Waals surface area contributed by atoms with Gasteiger partial charge in [-0.25, -0.2) is 9.59 Å². The monoisotopic (exact) mass is 438 g/mol. The molecule has 2 aromatic rings. The summed E-state index contributed by atoms with van der Waals surface area (Å²) in [4.78, 5) is 25.0. The van der Waals surface area contributed by atoms with Gasteiger partial charge in [-0.1, -0.05) is 0 Å². The fraction of sp³-hybridized carbons (Fsp3) is 0.474. The number of aryl methyl sites for hydroxylation is 2. The van der Waals surface area contributed by atoms with Crippen LogP contribution in [-0.2, 0) is 16.0 Å². The number of rotatable bonds is 9. The van der Waals surface area contributed by atoms with Gasteiger partial charge >= 0.3 is 11.9 Å². The van der Waals surface area contributed by atoms with Crippen molar-refractivity contribution in [1.82, 2.24) is 15.1 Å². The first-order valence-electron chi connectivity index (χ1n) is 9.39. The van der Waals surface area contributed by atoms with Crippen LogP contribution in [0, 0.1) is 13.8 Å². The Morgan fingerprint density at radius 3 is 2.52 bits per heavy atom. The molecule has 2 heterocycles.